The number of aliphatic hydroxyl groups excluding tert-OH is 1. The third-order valence-electron chi connectivity index (χ3n) is 2.87. The summed E-state index contributed by atoms with van der Waals surface area (Å²) in [6, 6.07) is 5.62. The minimum atomic E-state index is -0.541. The Labute approximate surface area is 120 Å². The number of carbonyl (C=O) groups is 1. The van der Waals surface area contributed by atoms with E-state index in [0.717, 1.165) is 11.1 Å². The largest absolute Gasteiger partial charge is 0.444 e. The van der Waals surface area contributed by atoms with Crippen molar-refractivity contribution in [1.29, 1.82) is 0 Å². The Balaban J connectivity index is 2.89. The molecule has 0 radical (unpaired) electrons. The van der Waals surface area contributed by atoms with E-state index in [1.807, 2.05) is 45.9 Å². The number of aliphatic hydroxyl groups is 1. The van der Waals surface area contributed by atoms with Crippen LogP contribution in [-0.4, -0.2) is 30.0 Å². The van der Waals surface area contributed by atoms with E-state index in [1.165, 1.54) is 0 Å². The number of carbonyl (C=O) groups excluding carboxylic acids is 1. The Morgan fingerprint density at radius 3 is 2.60 bits per heavy atom. The predicted molar refractivity (Wildman–Crippen MR) is 79.9 cm³/mol. The van der Waals surface area contributed by atoms with E-state index in [9.17, 15) is 9.90 Å². The van der Waals surface area contributed by atoms with Gasteiger partial charge in [-0.1, -0.05) is 12.1 Å². The van der Waals surface area contributed by atoms with Gasteiger partial charge in [-0.3, -0.25) is 5.32 Å². The van der Waals surface area contributed by atoms with Gasteiger partial charge in [0.1, 0.15) is 5.60 Å². The first-order valence-corrected chi connectivity index (χ1v) is 6.68. The summed E-state index contributed by atoms with van der Waals surface area (Å²) in [4.78, 5) is 11.8. The topological polar surface area (TPSA) is 84.6 Å². The molecule has 0 spiro atoms. The molecule has 0 saturated heterocycles. The van der Waals surface area contributed by atoms with Crippen LogP contribution in [0.25, 0.3) is 0 Å². The fourth-order valence-corrected chi connectivity index (χ4v) is 1.76. The van der Waals surface area contributed by atoms with Gasteiger partial charge in [-0.05, 0) is 44.9 Å². The maximum absolute atomic E-state index is 11.8. The Hall–Kier alpha value is -1.59. The van der Waals surface area contributed by atoms with Crippen LogP contribution in [0, 0.1) is 6.92 Å². The van der Waals surface area contributed by atoms with Crippen molar-refractivity contribution in [2.24, 2.45) is 5.73 Å². The molecule has 5 nitrogen and oxygen atoms in total. The first kappa shape index (κ1) is 16.5. The average molecular weight is 280 g/mol. The molecule has 1 aromatic rings. The maximum atomic E-state index is 11.8. The van der Waals surface area contributed by atoms with Gasteiger partial charge in [0.15, 0.2) is 0 Å². The third-order valence-corrected chi connectivity index (χ3v) is 2.87. The molecule has 1 atom stereocenters. The molecule has 1 unspecified atom stereocenters. The van der Waals surface area contributed by atoms with Crippen LogP contribution < -0.4 is 11.1 Å². The zero-order valence-electron chi connectivity index (χ0n) is 12.6. The van der Waals surface area contributed by atoms with E-state index < -0.39 is 11.7 Å². The number of hydrogen-bond acceptors (Lipinski definition) is 4. The molecular weight excluding hydrogens is 256 g/mol. The third kappa shape index (κ3) is 4.83. The molecule has 0 aliphatic rings. The van der Waals surface area contributed by atoms with Crippen molar-refractivity contribution in [2.45, 2.75) is 39.2 Å². The summed E-state index contributed by atoms with van der Waals surface area (Å²) in [6.45, 7) is 7.66. The summed E-state index contributed by atoms with van der Waals surface area (Å²) in [5, 5.41) is 12.0. The molecule has 0 heterocycles. The molecule has 1 rings (SSSR count). The molecule has 1 amide bonds. The van der Waals surface area contributed by atoms with E-state index in [1.54, 1.807) is 0 Å². The number of benzene rings is 1. The van der Waals surface area contributed by atoms with Crippen molar-refractivity contribution in [3.8, 4) is 0 Å². The lowest BCUT2D eigenvalue weighted by molar-refractivity contribution is 0.0636. The minimum Gasteiger partial charge on any atom is -0.444 e. The predicted octanol–water partition coefficient (Wildman–Crippen LogP) is 2.38. The molecule has 0 fully saturated rings. The number of aryl methyl sites for hydroxylation is 1. The van der Waals surface area contributed by atoms with Crippen LogP contribution >= 0.6 is 0 Å². The van der Waals surface area contributed by atoms with Gasteiger partial charge in [0, 0.05) is 18.2 Å². The van der Waals surface area contributed by atoms with Crippen molar-refractivity contribution in [2.75, 3.05) is 18.5 Å². The monoisotopic (exact) mass is 280 g/mol. The van der Waals surface area contributed by atoms with Gasteiger partial charge in [-0.2, -0.15) is 0 Å². The molecule has 1 aromatic carbocycles. The molecule has 4 N–H and O–H groups in total. The standard InChI is InChI=1S/C15H24N2O3/c1-10-5-6-11(12(8-16)9-18)7-13(10)17-14(19)20-15(2,3)4/h5-7,12,18H,8-9,16H2,1-4H3,(H,17,19). The van der Waals surface area contributed by atoms with Crippen molar-refractivity contribution in [3.05, 3.63) is 29.3 Å². The molecule has 112 valence electrons. The lowest BCUT2D eigenvalue weighted by Crippen LogP contribution is -2.27. The quantitative estimate of drug-likeness (QED) is 0.790. The number of anilines is 1. The Bertz CT molecular complexity index is 463. The summed E-state index contributed by atoms with van der Waals surface area (Å²) < 4.78 is 5.23. The van der Waals surface area contributed by atoms with Crippen LogP contribution in [0.3, 0.4) is 0 Å². The summed E-state index contributed by atoms with van der Waals surface area (Å²) in [5.41, 5.74) is 7.56. The normalized spacial score (nSPS) is 12.9. The number of rotatable bonds is 4. The van der Waals surface area contributed by atoms with Crippen LogP contribution in [-0.2, 0) is 4.74 Å². The van der Waals surface area contributed by atoms with Gasteiger partial charge in [0.25, 0.3) is 0 Å². The Kier molecular flexibility index (Phi) is 5.53. The number of nitrogens with one attached hydrogen (secondary N) is 1. The second kappa shape index (κ2) is 6.72. The summed E-state index contributed by atoms with van der Waals surface area (Å²) >= 11 is 0. The number of ether oxygens (including phenoxy) is 1. The highest BCUT2D eigenvalue weighted by Crippen LogP contribution is 2.23. The second-order valence-electron chi connectivity index (χ2n) is 5.82. The van der Waals surface area contributed by atoms with Gasteiger partial charge >= 0.3 is 6.09 Å². The van der Waals surface area contributed by atoms with E-state index in [0.29, 0.717) is 12.2 Å². The molecule has 20 heavy (non-hydrogen) atoms. The zero-order valence-corrected chi connectivity index (χ0v) is 12.6. The van der Waals surface area contributed by atoms with Gasteiger partial charge in [-0.15, -0.1) is 0 Å². The number of nitrogens with two attached hydrogens (primary N) is 1. The van der Waals surface area contributed by atoms with Crippen LogP contribution in [0.1, 0.15) is 37.8 Å². The van der Waals surface area contributed by atoms with Crippen LogP contribution in [0.2, 0.25) is 0 Å². The first-order valence-electron chi connectivity index (χ1n) is 6.68. The average Bonchev–Trinajstić information content (AvgIpc) is 2.32. The molecule has 0 bridgehead atoms. The molecular formula is C15H24N2O3. The van der Waals surface area contributed by atoms with Gasteiger partial charge in [0.05, 0.1) is 6.61 Å². The summed E-state index contributed by atoms with van der Waals surface area (Å²) in [7, 11) is 0. The Morgan fingerprint density at radius 1 is 1.45 bits per heavy atom. The summed E-state index contributed by atoms with van der Waals surface area (Å²) in [5.74, 6) is -0.130. The van der Waals surface area contributed by atoms with Gasteiger partial charge < -0.3 is 15.6 Å². The van der Waals surface area contributed by atoms with E-state index in [2.05, 4.69) is 5.32 Å². The molecule has 0 aliphatic carbocycles. The lowest BCUT2D eigenvalue weighted by atomic mass is 9.98. The SMILES string of the molecule is Cc1ccc(C(CN)CO)cc1NC(=O)OC(C)(C)C. The molecule has 5 heteroatoms. The fraction of sp³-hybridized carbons (Fsp3) is 0.533. The van der Waals surface area contributed by atoms with Crippen molar-refractivity contribution in [3.63, 3.8) is 0 Å². The van der Waals surface area contributed by atoms with Crippen molar-refractivity contribution < 1.29 is 14.6 Å². The van der Waals surface area contributed by atoms with Gasteiger partial charge in [-0.25, -0.2) is 4.79 Å². The van der Waals surface area contributed by atoms with Gasteiger partial charge in [0.2, 0.25) is 0 Å². The number of hydrogen-bond donors (Lipinski definition) is 3. The highest BCUT2D eigenvalue weighted by Gasteiger charge is 2.17. The maximum Gasteiger partial charge on any atom is 0.412 e. The molecule has 0 aromatic heterocycles. The Morgan fingerprint density at radius 2 is 2.10 bits per heavy atom. The fourth-order valence-electron chi connectivity index (χ4n) is 1.76. The number of amides is 1. The first-order chi connectivity index (χ1) is 9.26. The minimum absolute atomic E-state index is 0.0224. The van der Waals surface area contributed by atoms with Crippen LogP contribution in [0.5, 0.6) is 0 Å². The van der Waals surface area contributed by atoms with E-state index >= 15 is 0 Å². The highest BCUT2D eigenvalue weighted by molar-refractivity contribution is 5.86. The van der Waals surface area contributed by atoms with Crippen LogP contribution in [0.15, 0.2) is 18.2 Å². The van der Waals surface area contributed by atoms with Crippen molar-refractivity contribution >= 4 is 11.8 Å². The molecule has 0 saturated carbocycles. The zero-order chi connectivity index (χ0) is 15.3. The van der Waals surface area contributed by atoms with Crippen LogP contribution in [0.4, 0.5) is 10.5 Å². The van der Waals surface area contributed by atoms with E-state index in [-0.39, 0.29) is 12.5 Å². The summed E-state index contributed by atoms with van der Waals surface area (Å²) in [6.07, 6.45) is -0.494. The van der Waals surface area contributed by atoms with E-state index in [4.69, 9.17) is 10.5 Å². The second-order valence-corrected chi connectivity index (χ2v) is 5.82. The highest BCUT2D eigenvalue weighted by atomic mass is 16.6. The lowest BCUT2D eigenvalue weighted by Gasteiger charge is -2.21. The smallest absolute Gasteiger partial charge is 0.412 e. The van der Waals surface area contributed by atoms with Crippen molar-refractivity contribution in [1.82, 2.24) is 0 Å². The molecule has 0 aliphatic heterocycles.